The monoisotopic (exact) mass is 366 g/mol. The van der Waals surface area contributed by atoms with Crippen LogP contribution in [-0.2, 0) is 0 Å². The second kappa shape index (κ2) is 7.70. The minimum Gasteiger partial charge on any atom is -0.431 e. The van der Waals surface area contributed by atoms with Gasteiger partial charge in [0.2, 0.25) is 0 Å². The lowest BCUT2D eigenvalue weighted by molar-refractivity contribution is 0.0977. The van der Waals surface area contributed by atoms with Gasteiger partial charge in [0, 0.05) is 29.4 Å². The Kier molecular flexibility index (Phi) is 5.38. The van der Waals surface area contributed by atoms with E-state index in [1.54, 1.807) is 30.5 Å². The highest BCUT2D eigenvalue weighted by atomic mass is 32.1. The Hall–Kier alpha value is -2.66. The van der Waals surface area contributed by atoms with E-state index in [9.17, 15) is 4.79 Å². The average molecular weight is 366 g/mol. The molecule has 0 unspecified atom stereocenters. The highest BCUT2D eigenvalue weighted by Gasteiger charge is 2.23. The summed E-state index contributed by atoms with van der Waals surface area (Å²) in [5.74, 6) is 0.644. The number of rotatable bonds is 5. The molecule has 26 heavy (non-hydrogen) atoms. The normalized spacial score (nSPS) is 11.2. The van der Waals surface area contributed by atoms with Gasteiger partial charge in [0.15, 0.2) is 0 Å². The number of anilines is 1. The van der Waals surface area contributed by atoms with Crippen LogP contribution in [0.15, 0.2) is 66.2 Å². The van der Waals surface area contributed by atoms with Crippen LogP contribution in [0, 0.1) is 5.41 Å². The first-order valence-corrected chi connectivity index (χ1v) is 9.35. The fourth-order valence-electron chi connectivity index (χ4n) is 2.55. The Bertz CT molecular complexity index is 838. The third-order valence-electron chi connectivity index (χ3n) is 3.66. The molecule has 0 spiro atoms. The number of benzene rings is 2. The molecule has 1 aromatic heterocycles. The van der Waals surface area contributed by atoms with Crippen molar-refractivity contribution >= 4 is 22.9 Å². The molecule has 0 fully saturated rings. The van der Waals surface area contributed by atoms with E-state index >= 15 is 0 Å². The van der Waals surface area contributed by atoms with Crippen LogP contribution in [0.3, 0.4) is 0 Å². The second-order valence-corrected chi connectivity index (χ2v) is 8.07. The quantitative estimate of drug-likeness (QED) is 0.588. The van der Waals surface area contributed by atoms with Gasteiger partial charge in [-0.2, -0.15) is 0 Å². The number of carbonyl (C=O) groups is 1. The summed E-state index contributed by atoms with van der Waals surface area (Å²) >= 11 is 1.43. The molecule has 3 rings (SSSR count). The molecule has 0 bridgehead atoms. The molecule has 0 aliphatic heterocycles. The standard InChI is InChI=1S/C21H22N2O2S/c1-21(2,3)15-23(17-7-5-4-6-8-17)19(24)16-9-11-18(12-10-16)25-20-22-13-14-26-20/h4-14H,15H2,1-3H3. The highest BCUT2D eigenvalue weighted by Crippen LogP contribution is 2.26. The smallest absolute Gasteiger partial charge is 0.278 e. The fraction of sp³-hybridized carbons (Fsp3) is 0.238. The van der Waals surface area contributed by atoms with Crippen LogP contribution in [0.25, 0.3) is 0 Å². The van der Waals surface area contributed by atoms with Crippen molar-refractivity contribution in [3.63, 3.8) is 0 Å². The molecule has 0 N–H and O–H groups in total. The van der Waals surface area contributed by atoms with Gasteiger partial charge in [-0.25, -0.2) is 4.98 Å². The number of ether oxygens (including phenoxy) is 1. The molecule has 4 nitrogen and oxygen atoms in total. The molecular weight excluding hydrogens is 344 g/mol. The van der Waals surface area contributed by atoms with Crippen molar-refractivity contribution in [1.29, 1.82) is 0 Å². The Morgan fingerprint density at radius 3 is 2.35 bits per heavy atom. The maximum atomic E-state index is 13.1. The van der Waals surface area contributed by atoms with E-state index < -0.39 is 0 Å². The molecule has 3 aromatic rings. The summed E-state index contributed by atoms with van der Waals surface area (Å²) in [5, 5.41) is 2.44. The third kappa shape index (κ3) is 4.70. The number of aromatic nitrogens is 1. The molecule has 0 aliphatic rings. The summed E-state index contributed by atoms with van der Waals surface area (Å²) in [7, 11) is 0. The first kappa shape index (κ1) is 18.1. The summed E-state index contributed by atoms with van der Waals surface area (Å²) < 4.78 is 5.66. The minimum atomic E-state index is -0.0214. The zero-order valence-electron chi connectivity index (χ0n) is 15.2. The van der Waals surface area contributed by atoms with Crippen LogP contribution < -0.4 is 9.64 Å². The Morgan fingerprint density at radius 2 is 1.77 bits per heavy atom. The van der Waals surface area contributed by atoms with Crippen LogP contribution in [0.2, 0.25) is 0 Å². The molecule has 0 atom stereocenters. The summed E-state index contributed by atoms with van der Waals surface area (Å²) in [5.41, 5.74) is 1.51. The largest absolute Gasteiger partial charge is 0.431 e. The molecule has 2 aromatic carbocycles. The van der Waals surface area contributed by atoms with E-state index in [-0.39, 0.29) is 11.3 Å². The van der Waals surface area contributed by atoms with E-state index in [0.29, 0.717) is 23.1 Å². The molecule has 0 saturated carbocycles. The summed E-state index contributed by atoms with van der Waals surface area (Å²) in [6.07, 6.45) is 1.70. The summed E-state index contributed by atoms with van der Waals surface area (Å²) in [6, 6.07) is 17.0. The van der Waals surface area contributed by atoms with Crippen molar-refractivity contribution in [2.45, 2.75) is 20.8 Å². The van der Waals surface area contributed by atoms with Crippen molar-refractivity contribution in [2.24, 2.45) is 5.41 Å². The summed E-state index contributed by atoms with van der Waals surface area (Å²) in [4.78, 5) is 19.1. The number of amides is 1. The van der Waals surface area contributed by atoms with Gasteiger partial charge in [0.25, 0.3) is 11.1 Å². The molecular formula is C21H22N2O2S. The van der Waals surface area contributed by atoms with Crippen molar-refractivity contribution < 1.29 is 9.53 Å². The second-order valence-electron chi connectivity index (χ2n) is 7.21. The van der Waals surface area contributed by atoms with Crippen molar-refractivity contribution in [2.75, 3.05) is 11.4 Å². The number of hydrogen-bond acceptors (Lipinski definition) is 4. The maximum Gasteiger partial charge on any atom is 0.278 e. The Morgan fingerprint density at radius 1 is 1.08 bits per heavy atom. The zero-order valence-corrected chi connectivity index (χ0v) is 16.0. The lowest BCUT2D eigenvalue weighted by Gasteiger charge is -2.30. The zero-order chi connectivity index (χ0) is 18.6. The SMILES string of the molecule is CC(C)(C)CN(C(=O)c1ccc(Oc2nccs2)cc1)c1ccccc1. The summed E-state index contributed by atoms with van der Waals surface area (Å²) in [6.45, 7) is 7.01. The van der Waals surface area contributed by atoms with Gasteiger partial charge in [0.05, 0.1) is 0 Å². The topological polar surface area (TPSA) is 42.4 Å². The first-order valence-electron chi connectivity index (χ1n) is 8.47. The van der Waals surface area contributed by atoms with E-state index in [2.05, 4.69) is 25.8 Å². The van der Waals surface area contributed by atoms with Crippen LogP contribution in [0.4, 0.5) is 5.69 Å². The van der Waals surface area contributed by atoms with Crippen LogP contribution >= 0.6 is 11.3 Å². The predicted molar refractivity (Wildman–Crippen MR) is 106 cm³/mol. The molecule has 5 heteroatoms. The Labute approximate surface area is 158 Å². The molecule has 1 amide bonds. The first-order chi connectivity index (χ1) is 12.4. The van der Waals surface area contributed by atoms with Gasteiger partial charge in [-0.3, -0.25) is 4.79 Å². The minimum absolute atomic E-state index is 0.0145. The number of nitrogens with zero attached hydrogens (tertiary/aromatic N) is 2. The van der Waals surface area contributed by atoms with Gasteiger partial charge >= 0.3 is 0 Å². The fourth-order valence-corrected chi connectivity index (χ4v) is 3.05. The van der Waals surface area contributed by atoms with Gasteiger partial charge in [0.1, 0.15) is 5.75 Å². The maximum absolute atomic E-state index is 13.1. The highest BCUT2D eigenvalue weighted by molar-refractivity contribution is 7.11. The molecule has 134 valence electrons. The van der Waals surface area contributed by atoms with Crippen molar-refractivity contribution in [3.05, 3.63) is 71.7 Å². The van der Waals surface area contributed by atoms with Crippen LogP contribution in [0.5, 0.6) is 10.9 Å². The molecule has 0 radical (unpaired) electrons. The van der Waals surface area contributed by atoms with Gasteiger partial charge < -0.3 is 9.64 Å². The van der Waals surface area contributed by atoms with Crippen LogP contribution in [0.1, 0.15) is 31.1 Å². The number of carbonyl (C=O) groups excluding carboxylic acids is 1. The molecule has 0 aliphatic carbocycles. The van der Waals surface area contributed by atoms with E-state index in [0.717, 1.165) is 5.69 Å². The number of para-hydroxylation sites is 1. The van der Waals surface area contributed by atoms with Crippen molar-refractivity contribution in [1.82, 2.24) is 4.98 Å². The van der Waals surface area contributed by atoms with E-state index in [1.165, 1.54) is 11.3 Å². The lowest BCUT2D eigenvalue weighted by atomic mass is 9.95. The Balaban J connectivity index is 1.82. The number of hydrogen-bond donors (Lipinski definition) is 0. The van der Waals surface area contributed by atoms with Crippen LogP contribution in [-0.4, -0.2) is 17.4 Å². The molecule has 0 saturated heterocycles. The van der Waals surface area contributed by atoms with Crippen molar-refractivity contribution in [3.8, 4) is 10.9 Å². The van der Waals surface area contributed by atoms with E-state index in [4.69, 9.17) is 4.74 Å². The van der Waals surface area contributed by atoms with Gasteiger partial charge in [-0.05, 0) is 41.8 Å². The molecule has 1 heterocycles. The van der Waals surface area contributed by atoms with Gasteiger partial charge in [-0.1, -0.05) is 50.3 Å². The lowest BCUT2D eigenvalue weighted by Crippen LogP contribution is -2.37. The predicted octanol–water partition coefficient (Wildman–Crippen LogP) is 5.63. The number of thiazole rings is 1. The van der Waals surface area contributed by atoms with E-state index in [1.807, 2.05) is 40.6 Å². The van der Waals surface area contributed by atoms with Gasteiger partial charge in [-0.15, -0.1) is 0 Å². The third-order valence-corrected chi connectivity index (χ3v) is 4.31. The average Bonchev–Trinajstić information content (AvgIpc) is 3.13.